The van der Waals surface area contributed by atoms with Gasteiger partial charge in [-0.3, -0.25) is 9.59 Å². The number of amides is 2. The van der Waals surface area contributed by atoms with E-state index in [9.17, 15) is 9.59 Å². The molecule has 0 atom stereocenters. The maximum atomic E-state index is 13.2. The van der Waals surface area contributed by atoms with E-state index in [1.165, 1.54) is 6.42 Å². The van der Waals surface area contributed by atoms with Crippen LogP contribution in [0.15, 0.2) is 66.7 Å². The van der Waals surface area contributed by atoms with Crippen LogP contribution in [0.5, 0.6) is 0 Å². The second kappa shape index (κ2) is 10.7. The van der Waals surface area contributed by atoms with E-state index in [0.29, 0.717) is 33.4 Å². The van der Waals surface area contributed by atoms with E-state index in [-0.39, 0.29) is 11.8 Å². The predicted octanol–water partition coefficient (Wildman–Crippen LogP) is 6.17. The molecule has 4 rings (SSSR count). The molecule has 33 heavy (non-hydrogen) atoms. The summed E-state index contributed by atoms with van der Waals surface area (Å²) >= 11 is 12.1. The highest BCUT2D eigenvalue weighted by Crippen LogP contribution is 2.28. The van der Waals surface area contributed by atoms with Crippen LogP contribution in [0.4, 0.5) is 11.4 Å². The van der Waals surface area contributed by atoms with Gasteiger partial charge in [-0.25, -0.2) is 0 Å². The van der Waals surface area contributed by atoms with Crippen molar-refractivity contribution in [3.05, 3.63) is 93.5 Å². The first-order valence-electron chi connectivity index (χ1n) is 11.0. The molecule has 3 aromatic carbocycles. The molecule has 3 aromatic rings. The normalized spacial score (nSPS) is 13.5. The van der Waals surface area contributed by atoms with Crippen molar-refractivity contribution in [1.82, 2.24) is 5.32 Å². The third kappa shape index (κ3) is 6.06. The lowest BCUT2D eigenvalue weighted by atomic mass is 10.1. The minimum atomic E-state index is -0.347. The van der Waals surface area contributed by atoms with Crippen molar-refractivity contribution in [3.63, 3.8) is 0 Å². The van der Waals surface area contributed by atoms with E-state index >= 15 is 0 Å². The third-order valence-electron chi connectivity index (χ3n) is 5.62. The van der Waals surface area contributed by atoms with Crippen molar-refractivity contribution in [2.75, 3.05) is 23.3 Å². The van der Waals surface area contributed by atoms with Crippen LogP contribution >= 0.6 is 23.2 Å². The van der Waals surface area contributed by atoms with E-state index in [2.05, 4.69) is 15.5 Å². The van der Waals surface area contributed by atoms with Crippen LogP contribution < -0.4 is 15.5 Å². The van der Waals surface area contributed by atoms with E-state index in [1.807, 2.05) is 42.5 Å². The molecule has 0 aliphatic carbocycles. The number of benzene rings is 3. The Morgan fingerprint density at radius 1 is 0.818 bits per heavy atom. The fourth-order valence-corrected chi connectivity index (χ4v) is 4.49. The average molecular weight is 482 g/mol. The smallest absolute Gasteiger partial charge is 0.255 e. The Hall–Kier alpha value is -3.02. The maximum Gasteiger partial charge on any atom is 0.255 e. The first-order chi connectivity index (χ1) is 16.0. The second-order valence-electron chi connectivity index (χ2n) is 8.06. The summed E-state index contributed by atoms with van der Waals surface area (Å²) in [7, 11) is 0. The molecule has 0 spiro atoms. The number of hydrogen-bond donors (Lipinski definition) is 2. The first kappa shape index (κ1) is 23.1. The van der Waals surface area contributed by atoms with Crippen LogP contribution in [0.3, 0.4) is 0 Å². The Morgan fingerprint density at radius 2 is 1.52 bits per heavy atom. The number of rotatable bonds is 6. The van der Waals surface area contributed by atoms with Gasteiger partial charge in [-0.15, -0.1) is 0 Å². The molecule has 1 aliphatic heterocycles. The Kier molecular flexibility index (Phi) is 7.53. The Labute approximate surface area is 203 Å². The second-order valence-corrected chi connectivity index (χ2v) is 8.93. The monoisotopic (exact) mass is 481 g/mol. The SMILES string of the molecule is O=C(Nc1ccc(N2CCCCC2)c(C(=O)NCc2ccccc2)c1)c1cc(Cl)cc(Cl)c1. The first-order valence-corrected chi connectivity index (χ1v) is 11.7. The van der Waals surface area contributed by atoms with Gasteiger partial charge in [0.25, 0.3) is 11.8 Å². The number of nitrogens with one attached hydrogen (secondary N) is 2. The molecule has 1 heterocycles. The average Bonchev–Trinajstić information content (AvgIpc) is 2.83. The molecule has 1 fully saturated rings. The summed E-state index contributed by atoms with van der Waals surface area (Å²) in [6.07, 6.45) is 3.39. The summed E-state index contributed by atoms with van der Waals surface area (Å²) in [6, 6.07) is 19.9. The Bertz CT molecular complexity index is 1130. The molecule has 2 N–H and O–H groups in total. The fourth-order valence-electron chi connectivity index (χ4n) is 3.97. The molecular formula is C26H25Cl2N3O2. The number of nitrogens with zero attached hydrogens (tertiary/aromatic N) is 1. The van der Waals surface area contributed by atoms with Gasteiger partial charge in [-0.2, -0.15) is 0 Å². The molecule has 7 heteroatoms. The topological polar surface area (TPSA) is 61.4 Å². The Balaban J connectivity index is 1.58. The van der Waals surface area contributed by atoms with Crippen molar-refractivity contribution < 1.29 is 9.59 Å². The predicted molar refractivity (Wildman–Crippen MR) is 135 cm³/mol. The lowest BCUT2D eigenvalue weighted by Crippen LogP contribution is -2.32. The van der Waals surface area contributed by atoms with Gasteiger partial charge in [0.15, 0.2) is 0 Å². The number of carbonyl (C=O) groups excluding carboxylic acids is 2. The maximum absolute atomic E-state index is 13.2. The molecular weight excluding hydrogens is 457 g/mol. The lowest BCUT2D eigenvalue weighted by Gasteiger charge is -2.30. The summed E-state index contributed by atoms with van der Waals surface area (Å²) in [5.74, 6) is -0.526. The molecule has 0 unspecified atom stereocenters. The van der Waals surface area contributed by atoms with Crippen molar-refractivity contribution >= 4 is 46.4 Å². The van der Waals surface area contributed by atoms with Crippen LogP contribution in [-0.4, -0.2) is 24.9 Å². The van der Waals surface area contributed by atoms with Gasteiger partial charge in [0.2, 0.25) is 0 Å². The summed E-state index contributed by atoms with van der Waals surface area (Å²) in [5, 5.41) is 6.63. The highest BCUT2D eigenvalue weighted by atomic mass is 35.5. The van der Waals surface area contributed by atoms with Gasteiger partial charge < -0.3 is 15.5 Å². The molecule has 0 bridgehead atoms. The van der Waals surface area contributed by atoms with Crippen molar-refractivity contribution in [1.29, 1.82) is 0 Å². The van der Waals surface area contributed by atoms with Crippen LogP contribution in [0.25, 0.3) is 0 Å². The lowest BCUT2D eigenvalue weighted by molar-refractivity contribution is 0.0950. The highest BCUT2D eigenvalue weighted by Gasteiger charge is 2.20. The summed E-state index contributed by atoms with van der Waals surface area (Å²) in [5.41, 5.74) is 3.32. The highest BCUT2D eigenvalue weighted by molar-refractivity contribution is 6.35. The molecule has 0 saturated carbocycles. The zero-order valence-electron chi connectivity index (χ0n) is 18.1. The van der Waals surface area contributed by atoms with Crippen LogP contribution in [0.2, 0.25) is 10.0 Å². The molecule has 5 nitrogen and oxygen atoms in total. The van der Waals surface area contributed by atoms with E-state index < -0.39 is 0 Å². The van der Waals surface area contributed by atoms with Crippen LogP contribution in [0, 0.1) is 0 Å². The number of piperidine rings is 1. The zero-order valence-corrected chi connectivity index (χ0v) is 19.6. The van der Waals surface area contributed by atoms with Crippen molar-refractivity contribution in [3.8, 4) is 0 Å². The molecule has 1 aliphatic rings. The third-order valence-corrected chi connectivity index (χ3v) is 6.05. The molecule has 170 valence electrons. The molecule has 0 aromatic heterocycles. The van der Waals surface area contributed by atoms with Gasteiger partial charge in [-0.05, 0) is 61.2 Å². The van der Waals surface area contributed by atoms with Gasteiger partial charge in [-0.1, -0.05) is 53.5 Å². The minimum absolute atomic E-state index is 0.179. The molecule has 0 radical (unpaired) electrons. The largest absolute Gasteiger partial charge is 0.371 e. The van der Waals surface area contributed by atoms with Crippen LogP contribution in [-0.2, 0) is 6.54 Å². The van der Waals surface area contributed by atoms with Gasteiger partial charge in [0.1, 0.15) is 0 Å². The standard InChI is InChI=1S/C26H25Cl2N3O2/c27-20-13-19(14-21(28)15-20)25(32)30-22-9-10-24(31-11-5-2-6-12-31)23(16-22)26(33)29-17-18-7-3-1-4-8-18/h1,3-4,7-10,13-16H,2,5-6,11-12,17H2,(H,29,33)(H,30,32). The summed E-state index contributed by atoms with van der Waals surface area (Å²) in [6.45, 7) is 2.24. The van der Waals surface area contributed by atoms with Crippen molar-refractivity contribution in [2.45, 2.75) is 25.8 Å². The van der Waals surface area contributed by atoms with Crippen molar-refractivity contribution in [2.24, 2.45) is 0 Å². The van der Waals surface area contributed by atoms with Gasteiger partial charge in [0.05, 0.1) is 5.56 Å². The van der Waals surface area contributed by atoms with E-state index in [1.54, 1.807) is 24.3 Å². The molecule has 2 amide bonds. The van der Waals surface area contributed by atoms with Crippen LogP contribution in [0.1, 0.15) is 45.5 Å². The number of anilines is 2. The fraction of sp³-hybridized carbons (Fsp3) is 0.231. The van der Waals surface area contributed by atoms with E-state index in [4.69, 9.17) is 23.2 Å². The number of halogens is 2. The minimum Gasteiger partial charge on any atom is -0.371 e. The molecule has 1 saturated heterocycles. The number of carbonyl (C=O) groups is 2. The number of hydrogen-bond acceptors (Lipinski definition) is 3. The Morgan fingerprint density at radius 3 is 2.21 bits per heavy atom. The summed E-state index contributed by atoms with van der Waals surface area (Å²) in [4.78, 5) is 28.2. The zero-order chi connectivity index (χ0) is 23.2. The summed E-state index contributed by atoms with van der Waals surface area (Å²) < 4.78 is 0. The van der Waals surface area contributed by atoms with Gasteiger partial charge in [0, 0.05) is 46.6 Å². The van der Waals surface area contributed by atoms with E-state index in [0.717, 1.165) is 37.2 Å². The quantitative estimate of drug-likeness (QED) is 0.442. The van der Waals surface area contributed by atoms with Gasteiger partial charge >= 0.3 is 0 Å².